The number of ether oxygens (including phenoxy) is 1. The molecule has 0 fully saturated rings. The van der Waals surface area contributed by atoms with Crippen molar-refractivity contribution < 1.29 is 24.5 Å². The molecule has 1 unspecified atom stereocenters. The van der Waals surface area contributed by atoms with E-state index in [2.05, 4.69) is 0 Å². The SMILES string of the molecule is CCOC(=O)C(CC)(CC(C)(C)O)C(=O)O. The molecule has 0 amide bonds. The summed E-state index contributed by atoms with van der Waals surface area (Å²) in [5, 5.41) is 18.9. The second-order valence-corrected chi connectivity index (χ2v) is 4.45. The molecule has 0 rings (SSSR count). The van der Waals surface area contributed by atoms with Crippen LogP contribution in [0.2, 0.25) is 0 Å². The number of carbonyl (C=O) groups excluding carboxylic acids is 1. The third-order valence-electron chi connectivity index (χ3n) is 2.41. The lowest BCUT2D eigenvalue weighted by molar-refractivity contribution is -0.173. The average Bonchev–Trinajstić information content (AvgIpc) is 2.12. The predicted molar refractivity (Wildman–Crippen MR) is 57.9 cm³/mol. The number of esters is 1. The number of carboxylic acids is 1. The molecule has 0 aromatic heterocycles. The second-order valence-electron chi connectivity index (χ2n) is 4.45. The van der Waals surface area contributed by atoms with Crippen molar-refractivity contribution in [3.05, 3.63) is 0 Å². The smallest absolute Gasteiger partial charge is 0.323 e. The third kappa shape index (κ3) is 3.48. The third-order valence-corrected chi connectivity index (χ3v) is 2.41. The Morgan fingerprint density at radius 3 is 2.00 bits per heavy atom. The van der Waals surface area contributed by atoms with E-state index in [9.17, 15) is 19.8 Å². The molecule has 0 radical (unpaired) electrons. The normalized spacial score (nSPS) is 15.3. The fraction of sp³-hybridized carbons (Fsp3) is 0.818. The van der Waals surface area contributed by atoms with Gasteiger partial charge < -0.3 is 14.9 Å². The van der Waals surface area contributed by atoms with Crippen LogP contribution in [0.15, 0.2) is 0 Å². The number of rotatable bonds is 6. The Morgan fingerprint density at radius 2 is 1.75 bits per heavy atom. The predicted octanol–water partition coefficient (Wildman–Crippen LogP) is 1.19. The summed E-state index contributed by atoms with van der Waals surface area (Å²) in [7, 11) is 0. The molecule has 94 valence electrons. The van der Waals surface area contributed by atoms with E-state index in [0.717, 1.165) is 0 Å². The van der Waals surface area contributed by atoms with Gasteiger partial charge in [0.15, 0.2) is 5.41 Å². The molecule has 1 atom stereocenters. The van der Waals surface area contributed by atoms with E-state index in [-0.39, 0.29) is 19.4 Å². The molecule has 0 aromatic rings. The quantitative estimate of drug-likeness (QED) is 0.531. The maximum absolute atomic E-state index is 11.7. The van der Waals surface area contributed by atoms with Gasteiger partial charge in [0.1, 0.15) is 0 Å². The van der Waals surface area contributed by atoms with E-state index in [1.807, 2.05) is 0 Å². The van der Waals surface area contributed by atoms with Crippen molar-refractivity contribution >= 4 is 11.9 Å². The number of aliphatic hydroxyl groups is 1. The monoisotopic (exact) mass is 232 g/mol. The summed E-state index contributed by atoms with van der Waals surface area (Å²) in [6.45, 7) is 6.28. The van der Waals surface area contributed by atoms with Crippen molar-refractivity contribution in [3.63, 3.8) is 0 Å². The van der Waals surface area contributed by atoms with Crippen LogP contribution < -0.4 is 0 Å². The van der Waals surface area contributed by atoms with Crippen LogP contribution in [0, 0.1) is 5.41 Å². The summed E-state index contributed by atoms with van der Waals surface area (Å²) < 4.78 is 4.77. The van der Waals surface area contributed by atoms with Gasteiger partial charge >= 0.3 is 11.9 Å². The number of carboxylic acid groups (broad SMARTS) is 1. The zero-order chi connectivity index (χ0) is 13.0. The summed E-state index contributed by atoms with van der Waals surface area (Å²) in [4.78, 5) is 22.9. The highest BCUT2D eigenvalue weighted by atomic mass is 16.5. The van der Waals surface area contributed by atoms with Crippen LogP contribution in [0.5, 0.6) is 0 Å². The standard InChI is InChI=1S/C11H20O5/c1-5-11(8(12)13,7-10(3,4)15)9(14)16-6-2/h15H,5-7H2,1-4H3,(H,12,13). The molecule has 0 aliphatic carbocycles. The van der Waals surface area contributed by atoms with Gasteiger partial charge in [-0.2, -0.15) is 0 Å². The molecule has 0 bridgehead atoms. The van der Waals surface area contributed by atoms with Gasteiger partial charge in [0.25, 0.3) is 0 Å². The van der Waals surface area contributed by atoms with Gasteiger partial charge in [0.2, 0.25) is 0 Å². The molecule has 0 spiro atoms. The summed E-state index contributed by atoms with van der Waals surface area (Å²) >= 11 is 0. The Hall–Kier alpha value is -1.10. The Morgan fingerprint density at radius 1 is 1.25 bits per heavy atom. The first-order chi connectivity index (χ1) is 7.19. The van der Waals surface area contributed by atoms with Gasteiger partial charge in [0.05, 0.1) is 12.2 Å². The summed E-state index contributed by atoms with van der Waals surface area (Å²) in [6.07, 6.45) is -0.0736. The topological polar surface area (TPSA) is 83.8 Å². The van der Waals surface area contributed by atoms with Crippen LogP contribution in [0.4, 0.5) is 0 Å². The molecule has 5 nitrogen and oxygen atoms in total. The van der Waals surface area contributed by atoms with Crippen molar-refractivity contribution in [2.24, 2.45) is 5.41 Å². The molecule has 0 saturated carbocycles. The summed E-state index contributed by atoms with van der Waals surface area (Å²) in [6, 6.07) is 0. The molecule has 0 saturated heterocycles. The summed E-state index contributed by atoms with van der Waals surface area (Å²) in [5.74, 6) is -2.04. The fourth-order valence-electron chi connectivity index (χ4n) is 1.66. The van der Waals surface area contributed by atoms with Crippen LogP contribution >= 0.6 is 0 Å². The van der Waals surface area contributed by atoms with Gasteiger partial charge in [-0.15, -0.1) is 0 Å². The minimum absolute atomic E-state index is 0.0884. The second kappa shape index (κ2) is 5.30. The maximum atomic E-state index is 11.7. The molecule has 16 heavy (non-hydrogen) atoms. The number of hydrogen-bond donors (Lipinski definition) is 2. The zero-order valence-electron chi connectivity index (χ0n) is 10.2. The Labute approximate surface area is 95.4 Å². The molecular formula is C11H20O5. The number of hydrogen-bond acceptors (Lipinski definition) is 4. The summed E-state index contributed by atoms with van der Waals surface area (Å²) in [5.41, 5.74) is -2.89. The van der Waals surface area contributed by atoms with Crippen LogP contribution in [0.25, 0.3) is 0 Å². The van der Waals surface area contributed by atoms with E-state index in [4.69, 9.17) is 4.74 Å². The van der Waals surface area contributed by atoms with E-state index in [1.54, 1.807) is 13.8 Å². The number of aliphatic carboxylic acids is 1. The van der Waals surface area contributed by atoms with E-state index >= 15 is 0 Å². The Balaban J connectivity index is 5.16. The highest BCUT2D eigenvalue weighted by molar-refractivity contribution is 5.99. The van der Waals surface area contributed by atoms with E-state index in [1.165, 1.54) is 13.8 Å². The average molecular weight is 232 g/mol. The highest BCUT2D eigenvalue weighted by Gasteiger charge is 2.49. The van der Waals surface area contributed by atoms with Crippen molar-refractivity contribution in [2.45, 2.75) is 46.1 Å². The lowest BCUT2D eigenvalue weighted by Crippen LogP contribution is -2.45. The van der Waals surface area contributed by atoms with Crippen molar-refractivity contribution in [2.75, 3.05) is 6.61 Å². The van der Waals surface area contributed by atoms with E-state index < -0.39 is 23.0 Å². The van der Waals surface area contributed by atoms with Gasteiger partial charge in [-0.1, -0.05) is 6.92 Å². The zero-order valence-corrected chi connectivity index (χ0v) is 10.2. The van der Waals surface area contributed by atoms with Crippen molar-refractivity contribution in [1.82, 2.24) is 0 Å². The maximum Gasteiger partial charge on any atom is 0.323 e. The first kappa shape index (κ1) is 14.9. The Bertz CT molecular complexity index is 266. The molecule has 0 heterocycles. The van der Waals surface area contributed by atoms with Crippen molar-refractivity contribution in [1.29, 1.82) is 0 Å². The van der Waals surface area contributed by atoms with Crippen LogP contribution in [-0.2, 0) is 14.3 Å². The van der Waals surface area contributed by atoms with Crippen LogP contribution in [0.3, 0.4) is 0 Å². The first-order valence-corrected chi connectivity index (χ1v) is 5.32. The lowest BCUT2D eigenvalue weighted by atomic mass is 9.76. The van der Waals surface area contributed by atoms with Crippen LogP contribution in [-0.4, -0.2) is 34.4 Å². The van der Waals surface area contributed by atoms with Gasteiger partial charge in [-0.3, -0.25) is 9.59 Å². The molecule has 2 N–H and O–H groups in total. The molecule has 0 aromatic carbocycles. The highest BCUT2D eigenvalue weighted by Crippen LogP contribution is 2.34. The van der Waals surface area contributed by atoms with E-state index in [0.29, 0.717) is 0 Å². The van der Waals surface area contributed by atoms with Crippen molar-refractivity contribution in [3.8, 4) is 0 Å². The Kier molecular flexibility index (Phi) is 4.93. The molecule has 0 aliphatic rings. The fourth-order valence-corrected chi connectivity index (χ4v) is 1.66. The minimum Gasteiger partial charge on any atom is -0.480 e. The molecule has 0 aliphatic heterocycles. The lowest BCUT2D eigenvalue weighted by Gasteiger charge is -2.31. The first-order valence-electron chi connectivity index (χ1n) is 5.32. The van der Waals surface area contributed by atoms with Gasteiger partial charge in [-0.05, 0) is 27.2 Å². The van der Waals surface area contributed by atoms with Gasteiger partial charge in [0, 0.05) is 6.42 Å². The molecular weight excluding hydrogens is 212 g/mol. The molecule has 5 heteroatoms. The van der Waals surface area contributed by atoms with Crippen LogP contribution in [0.1, 0.15) is 40.5 Å². The largest absolute Gasteiger partial charge is 0.480 e. The minimum atomic E-state index is -1.66. The number of carbonyl (C=O) groups is 2. The van der Waals surface area contributed by atoms with Gasteiger partial charge in [-0.25, -0.2) is 0 Å².